The summed E-state index contributed by atoms with van der Waals surface area (Å²) in [6, 6.07) is 7.33. The number of rotatable bonds is 4. The minimum atomic E-state index is -0.889. The number of carbonyl (C=O) groups is 2. The normalized spacial score (nSPS) is 10.5. The van der Waals surface area contributed by atoms with Crippen LogP contribution in [0.5, 0.6) is 0 Å². The number of H-pyrrole nitrogens is 1. The molecule has 0 bridgehead atoms. The summed E-state index contributed by atoms with van der Waals surface area (Å²) in [5, 5.41) is 20.1. The van der Waals surface area contributed by atoms with E-state index < -0.39 is 22.6 Å². The Hall–Kier alpha value is -3.82. The summed E-state index contributed by atoms with van der Waals surface area (Å²) in [6.07, 6.45) is 0. The highest BCUT2D eigenvalue weighted by Gasteiger charge is 2.19. The van der Waals surface area contributed by atoms with E-state index >= 15 is 0 Å². The molecule has 0 atom stereocenters. The minimum absolute atomic E-state index is 0.0763. The molecule has 0 unspecified atom stereocenters. The fourth-order valence-electron chi connectivity index (χ4n) is 2.35. The van der Waals surface area contributed by atoms with Gasteiger partial charge in [-0.15, -0.1) is 0 Å². The number of aromatic amines is 1. The Bertz CT molecular complexity index is 1050. The van der Waals surface area contributed by atoms with Crippen LogP contribution in [-0.2, 0) is 4.74 Å². The van der Waals surface area contributed by atoms with E-state index in [1.165, 1.54) is 24.3 Å². The maximum Gasteiger partial charge on any atom is 0.340 e. The third-order valence-corrected chi connectivity index (χ3v) is 3.60. The standard InChI is InChI=1S/C16H11FN4O5/c1-26-16(23)10-6-8(2-4-12(10)17)18-15(22)14-11-7-9(21(24)25)3-5-13(11)19-20-14/h2-7H,1H3,(H,18,22)(H,19,20). The summed E-state index contributed by atoms with van der Waals surface area (Å²) >= 11 is 0. The molecule has 3 rings (SSSR count). The van der Waals surface area contributed by atoms with Crippen LogP contribution in [0.1, 0.15) is 20.8 Å². The number of aromatic nitrogens is 2. The summed E-state index contributed by atoms with van der Waals surface area (Å²) in [4.78, 5) is 34.3. The van der Waals surface area contributed by atoms with Crippen LogP contribution in [0.4, 0.5) is 15.8 Å². The Balaban J connectivity index is 1.93. The first-order valence-electron chi connectivity index (χ1n) is 7.22. The van der Waals surface area contributed by atoms with E-state index in [-0.39, 0.29) is 28.0 Å². The molecule has 3 aromatic rings. The van der Waals surface area contributed by atoms with Gasteiger partial charge >= 0.3 is 5.97 Å². The van der Waals surface area contributed by atoms with Crippen molar-refractivity contribution in [3.63, 3.8) is 0 Å². The molecule has 0 spiro atoms. The van der Waals surface area contributed by atoms with Gasteiger partial charge in [0.25, 0.3) is 11.6 Å². The smallest absolute Gasteiger partial charge is 0.340 e. The number of esters is 1. The first kappa shape index (κ1) is 17.0. The Morgan fingerprint density at radius 1 is 1.27 bits per heavy atom. The van der Waals surface area contributed by atoms with Crippen molar-refractivity contribution in [3.8, 4) is 0 Å². The number of nitro groups is 1. The number of nitrogens with zero attached hydrogens (tertiary/aromatic N) is 2. The van der Waals surface area contributed by atoms with Gasteiger partial charge in [0.15, 0.2) is 5.69 Å². The van der Waals surface area contributed by atoms with Crippen molar-refractivity contribution >= 4 is 34.2 Å². The molecule has 0 aliphatic rings. The number of amides is 1. The molecule has 0 saturated carbocycles. The summed E-state index contributed by atoms with van der Waals surface area (Å²) in [7, 11) is 1.11. The van der Waals surface area contributed by atoms with Crippen molar-refractivity contribution in [1.29, 1.82) is 0 Å². The van der Waals surface area contributed by atoms with E-state index in [0.29, 0.717) is 5.52 Å². The summed E-state index contributed by atoms with van der Waals surface area (Å²) < 4.78 is 18.1. The largest absolute Gasteiger partial charge is 0.465 e. The Kier molecular flexibility index (Phi) is 4.31. The zero-order valence-corrected chi connectivity index (χ0v) is 13.3. The monoisotopic (exact) mass is 358 g/mol. The maximum absolute atomic E-state index is 13.7. The molecule has 1 amide bonds. The van der Waals surface area contributed by atoms with Gasteiger partial charge in [-0.2, -0.15) is 5.10 Å². The molecule has 2 N–H and O–H groups in total. The van der Waals surface area contributed by atoms with Crippen LogP contribution in [-0.4, -0.2) is 34.1 Å². The number of halogens is 1. The highest BCUT2D eigenvalue weighted by atomic mass is 19.1. The van der Waals surface area contributed by atoms with E-state index in [1.807, 2.05) is 0 Å². The molecule has 0 saturated heterocycles. The fraction of sp³-hybridized carbons (Fsp3) is 0.0625. The second-order valence-corrected chi connectivity index (χ2v) is 5.20. The lowest BCUT2D eigenvalue weighted by atomic mass is 10.1. The van der Waals surface area contributed by atoms with Crippen molar-refractivity contribution in [1.82, 2.24) is 10.2 Å². The first-order valence-corrected chi connectivity index (χ1v) is 7.22. The average Bonchev–Trinajstić information content (AvgIpc) is 3.05. The molecule has 0 radical (unpaired) electrons. The molecule has 26 heavy (non-hydrogen) atoms. The summed E-state index contributed by atoms with van der Waals surface area (Å²) in [5.74, 6) is -2.37. The second-order valence-electron chi connectivity index (χ2n) is 5.20. The zero-order chi connectivity index (χ0) is 18.8. The molecule has 0 aliphatic heterocycles. The van der Waals surface area contributed by atoms with Crippen LogP contribution in [0, 0.1) is 15.9 Å². The molecule has 0 fully saturated rings. The van der Waals surface area contributed by atoms with Crippen molar-refractivity contribution < 1.29 is 23.6 Å². The van der Waals surface area contributed by atoms with E-state index in [2.05, 4.69) is 20.3 Å². The number of nitro benzene ring substituents is 1. The number of fused-ring (bicyclic) bond motifs is 1. The molecule has 0 aliphatic carbocycles. The van der Waals surface area contributed by atoms with Gasteiger partial charge in [0, 0.05) is 23.2 Å². The number of non-ortho nitro benzene ring substituents is 1. The summed E-state index contributed by atoms with van der Waals surface area (Å²) in [5.41, 5.74) is -0.0309. The van der Waals surface area contributed by atoms with Gasteiger partial charge in [0.2, 0.25) is 0 Å². The third kappa shape index (κ3) is 3.07. The number of ether oxygens (including phenoxy) is 1. The predicted octanol–water partition coefficient (Wildman–Crippen LogP) is 2.65. The van der Waals surface area contributed by atoms with Crippen LogP contribution < -0.4 is 5.32 Å². The topological polar surface area (TPSA) is 127 Å². The SMILES string of the molecule is COC(=O)c1cc(NC(=O)c2n[nH]c3ccc([N+](=O)[O-])cc23)ccc1F. The van der Waals surface area contributed by atoms with Crippen LogP contribution in [0.2, 0.25) is 0 Å². The van der Waals surface area contributed by atoms with Crippen molar-refractivity contribution in [3.05, 3.63) is 63.6 Å². The third-order valence-electron chi connectivity index (χ3n) is 3.60. The van der Waals surface area contributed by atoms with Crippen LogP contribution in [0.15, 0.2) is 36.4 Å². The van der Waals surface area contributed by atoms with Gasteiger partial charge < -0.3 is 10.1 Å². The maximum atomic E-state index is 13.7. The molecule has 2 aromatic carbocycles. The second kappa shape index (κ2) is 6.59. The van der Waals surface area contributed by atoms with Gasteiger partial charge in [-0.25, -0.2) is 9.18 Å². The highest BCUT2D eigenvalue weighted by molar-refractivity contribution is 6.11. The highest BCUT2D eigenvalue weighted by Crippen LogP contribution is 2.23. The van der Waals surface area contributed by atoms with Crippen molar-refractivity contribution in [2.24, 2.45) is 0 Å². The molecule has 1 heterocycles. The first-order chi connectivity index (χ1) is 12.4. The van der Waals surface area contributed by atoms with E-state index in [0.717, 1.165) is 19.2 Å². The van der Waals surface area contributed by atoms with Crippen LogP contribution in [0.25, 0.3) is 10.9 Å². The lowest BCUT2D eigenvalue weighted by molar-refractivity contribution is -0.384. The van der Waals surface area contributed by atoms with Crippen LogP contribution >= 0.6 is 0 Å². The Labute approximate surface area is 144 Å². The molecular weight excluding hydrogens is 347 g/mol. The lowest BCUT2D eigenvalue weighted by Crippen LogP contribution is -2.14. The van der Waals surface area contributed by atoms with Crippen LogP contribution in [0.3, 0.4) is 0 Å². The fourth-order valence-corrected chi connectivity index (χ4v) is 2.35. The zero-order valence-electron chi connectivity index (χ0n) is 13.3. The Morgan fingerprint density at radius 2 is 2.04 bits per heavy atom. The molecule has 10 heteroatoms. The van der Waals surface area contributed by atoms with E-state index in [1.54, 1.807) is 0 Å². The minimum Gasteiger partial charge on any atom is -0.465 e. The molecular formula is C16H11FN4O5. The van der Waals surface area contributed by atoms with Gasteiger partial charge in [-0.1, -0.05) is 0 Å². The quantitative estimate of drug-likeness (QED) is 0.419. The van der Waals surface area contributed by atoms with Gasteiger partial charge in [0.05, 0.1) is 23.1 Å². The number of nitrogens with one attached hydrogen (secondary N) is 2. The Morgan fingerprint density at radius 3 is 2.73 bits per heavy atom. The van der Waals surface area contributed by atoms with Gasteiger partial charge in [0.1, 0.15) is 5.82 Å². The van der Waals surface area contributed by atoms with E-state index in [4.69, 9.17) is 0 Å². The summed E-state index contributed by atoms with van der Waals surface area (Å²) in [6.45, 7) is 0. The molecule has 9 nitrogen and oxygen atoms in total. The number of hydrogen-bond acceptors (Lipinski definition) is 6. The van der Waals surface area contributed by atoms with Crippen molar-refractivity contribution in [2.75, 3.05) is 12.4 Å². The van der Waals surface area contributed by atoms with E-state index in [9.17, 15) is 24.1 Å². The number of carbonyl (C=O) groups excluding carboxylic acids is 2. The number of anilines is 1. The number of methoxy groups -OCH3 is 1. The molecule has 132 valence electrons. The average molecular weight is 358 g/mol. The van der Waals surface area contributed by atoms with Gasteiger partial charge in [-0.3, -0.25) is 20.0 Å². The van der Waals surface area contributed by atoms with Crippen molar-refractivity contribution in [2.45, 2.75) is 0 Å². The molecule has 1 aromatic heterocycles. The predicted molar refractivity (Wildman–Crippen MR) is 88.4 cm³/mol. The number of hydrogen-bond donors (Lipinski definition) is 2. The lowest BCUT2D eigenvalue weighted by Gasteiger charge is -2.06. The number of benzene rings is 2. The van der Waals surface area contributed by atoms with Gasteiger partial charge in [-0.05, 0) is 24.3 Å².